The third kappa shape index (κ3) is 5.98. The summed E-state index contributed by atoms with van der Waals surface area (Å²) in [7, 11) is 1.39. The lowest BCUT2D eigenvalue weighted by Gasteiger charge is -2.25. The van der Waals surface area contributed by atoms with Crippen molar-refractivity contribution >= 4 is 38.4 Å². The van der Waals surface area contributed by atoms with Gasteiger partial charge in [-0.3, -0.25) is 0 Å². The molecule has 0 heterocycles. The predicted octanol–water partition coefficient (Wildman–Crippen LogP) is 8.71. The van der Waals surface area contributed by atoms with E-state index in [1.54, 1.807) is 21.7 Å². The highest BCUT2D eigenvalue weighted by molar-refractivity contribution is 7.56. The molecule has 2 heteroatoms. The second kappa shape index (κ2) is 12.7. The summed E-state index contributed by atoms with van der Waals surface area (Å²) in [5.41, 5.74) is 6.05. The van der Waals surface area contributed by atoms with Gasteiger partial charge in [0, 0.05) is 0 Å². The summed E-state index contributed by atoms with van der Waals surface area (Å²) >= 11 is 0. The molecule has 2 saturated carbocycles. The summed E-state index contributed by atoms with van der Waals surface area (Å²) in [6.07, 6.45) is 13.8. The Labute approximate surface area is 233 Å². The third-order valence-corrected chi connectivity index (χ3v) is 11.6. The van der Waals surface area contributed by atoms with Gasteiger partial charge in [-0.25, -0.2) is 0 Å². The van der Waals surface area contributed by atoms with E-state index in [-0.39, 0.29) is 0 Å². The van der Waals surface area contributed by atoms with Crippen LogP contribution in [0.1, 0.15) is 87.2 Å². The van der Waals surface area contributed by atoms with Crippen molar-refractivity contribution in [2.24, 2.45) is 0 Å². The Balaban J connectivity index is 1.32. The van der Waals surface area contributed by atoms with E-state index in [1.807, 2.05) is 0 Å². The van der Waals surface area contributed by atoms with Crippen LogP contribution in [-0.4, -0.2) is 0 Å². The molecule has 0 spiro atoms. The van der Waals surface area contributed by atoms with Crippen molar-refractivity contribution < 1.29 is 0 Å². The number of benzene rings is 4. The van der Waals surface area contributed by atoms with Crippen molar-refractivity contribution in [3.63, 3.8) is 0 Å². The zero-order valence-electron chi connectivity index (χ0n) is 22.5. The van der Waals surface area contributed by atoms with Gasteiger partial charge in [0.05, 0.1) is 0 Å². The third-order valence-electron chi connectivity index (χ3n) is 8.69. The number of rotatable bonds is 7. The zero-order chi connectivity index (χ0) is 25.6. The lowest BCUT2D eigenvalue weighted by Crippen LogP contribution is -2.18. The molecule has 0 N–H and O–H groups in total. The van der Waals surface area contributed by atoms with Gasteiger partial charge < -0.3 is 0 Å². The van der Waals surface area contributed by atoms with E-state index in [2.05, 4.69) is 97.1 Å². The monoisotopic (exact) mass is 534 g/mol. The van der Waals surface area contributed by atoms with Crippen molar-refractivity contribution in [1.29, 1.82) is 0 Å². The van der Waals surface area contributed by atoms with E-state index < -0.39 is 0 Å². The standard InChI is InChI=1S/C36H40P2/c1-3-15-27(16-4-1)29-19-7-11-23-33(29)37-35-25-13-9-21-31(35)32-22-10-14-26-36(32)38-34-24-12-8-20-30(34)28-17-5-2-6-18-28/h7-14,19-28,37-38H,1-6,15-18H2. The lowest BCUT2D eigenvalue weighted by molar-refractivity contribution is 0.445. The van der Waals surface area contributed by atoms with Gasteiger partial charge in [0.25, 0.3) is 0 Å². The molecule has 2 aliphatic carbocycles. The van der Waals surface area contributed by atoms with Crippen molar-refractivity contribution in [1.82, 2.24) is 0 Å². The van der Waals surface area contributed by atoms with Crippen molar-refractivity contribution in [2.75, 3.05) is 0 Å². The average Bonchev–Trinajstić information content (AvgIpc) is 2.99. The van der Waals surface area contributed by atoms with Gasteiger partial charge in [0.15, 0.2) is 0 Å². The number of hydrogen-bond donors (Lipinski definition) is 0. The van der Waals surface area contributed by atoms with Gasteiger partial charge in [-0.15, -0.1) is 0 Å². The molecule has 194 valence electrons. The molecule has 0 bridgehead atoms. The number of hydrogen-bond acceptors (Lipinski definition) is 0. The van der Waals surface area contributed by atoms with E-state index in [9.17, 15) is 0 Å². The minimum Gasteiger partial charge on any atom is -0.0619 e. The van der Waals surface area contributed by atoms with E-state index in [4.69, 9.17) is 0 Å². The molecular weight excluding hydrogens is 494 g/mol. The first kappa shape index (κ1) is 26.0. The second-order valence-corrected chi connectivity index (χ2v) is 13.8. The fraction of sp³-hybridized carbons (Fsp3) is 0.333. The van der Waals surface area contributed by atoms with Crippen LogP contribution in [0.2, 0.25) is 0 Å². The highest BCUT2D eigenvalue weighted by atomic mass is 31.1. The first-order valence-electron chi connectivity index (χ1n) is 14.8. The molecule has 6 rings (SSSR count). The summed E-state index contributed by atoms with van der Waals surface area (Å²) in [6, 6.07) is 37.0. The topological polar surface area (TPSA) is 0 Å². The van der Waals surface area contributed by atoms with E-state index >= 15 is 0 Å². The molecule has 2 atom stereocenters. The molecule has 0 nitrogen and oxygen atoms in total. The maximum Gasteiger partial charge on any atom is -0.00999 e. The van der Waals surface area contributed by atoms with Crippen LogP contribution in [0.15, 0.2) is 97.1 Å². The first-order valence-corrected chi connectivity index (χ1v) is 16.8. The largest absolute Gasteiger partial charge is 0.0619 e. The van der Waals surface area contributed by atoms with Crippen LogP contribution in [0.5, 0.6) is 0 Å². The molecule has 38 heavy (non-hydrogen) atoms. The summed E-state index contributed by atoms with van der Waals surface area (Å²) in [4.78, 5) is 0. The van der Waals surface area contributed by atoms with Crippen molar-refractivity contribution in [3.05, 3.63) is 108 Å². The molecule has 0 aliphatic heterocycles. The highest BCUT2D eigenvalue weighted by Crippen LogP contribution is 2.36. The Kier molecular flexibility index (Phi) is 8.71. The summed E-state index contributed by atoms with van der Waals surface area (Å²) in [5, 5.41) is 6.06. The van der Waals surface area contributed by atoms with Crippen molar-refractivity contribution in [3.8, 4) is 11.1 Å². The van der Waals surface area contributed by atoms with Crippen LogP contribution < -0.4 is 21.2 Å². The predicted molar refractivity (Wildman–Crippen MR) is 172 cm³/mol. The van der Waals surface area contributed by atoms with Gasteiger partial charge in [0.2, 0.25) is 0 Å². The van der Waals surface area contributed by atoms with Crippen LogP contribution >= 0.6 is 17.2 Å². The summed E-state index contributed by atoms with van der Waals surface area (Å²) < 4.78 is 0. The Bertz CT molecular complexity index is 1240. The molecule has 0 saturated heterocycles. The van der Waals surface area contributed by atoms with Gasteiger partial charge in [-0.1, -0.05) is 153 Å². The van der Waals surface area contributed by atoms with Gasteiger partial charge in [0.1, 0.15) is 0 Å². The molecule has 2 aliphatic rings. The van der Waals surface area contributed by atoms with Crippen LogP contribution in [-0.2, 0) is 0 Å². The smallest absolute Gasteiger partial charge is 0.00999 e. The van der Waals surface area contributed by atoms with Gasteiger partial charge >= 0.3 is 0 Å². The normalized spacial score (nSPS) is 17.6. The molecule has 2 fully saturated rings. The second-order valence-electron chi connectivity index (χ2n) is 11.2. The van der Waals surface area contributed by atoms with E-state index in [0.29, 0.717) is 17.2 Å². The molecular formula is C36H40P2. The Morgan fingerprint density at radius 2 is 0.711 bits per heavy atom. The fourth-order valence-corrected chi connectivity index (χ4v) is 9.57. The molecule has 0 aromatic heterocycles. The van der Waals surface area contributed by atoms with E-state index in [0.717, 1.165) is 11.8 Å². The van der Waals surface area contributed by atoms with Crippen LogP contribution in [0, 0.1) is 0 Å². The highest BCUT2D eigenvalue weighted by Gasteiger charge is 2.21. The van der Waals surface area contributed by atoms with Gasteiger partial charge in [-0.05, 0) is 81.0 Å². The minimum absolute atomic E-state index is 0.693. The lowest BCUT2D eigenvalue weighted by atomic mass is 9.84. The molecule has 0 radical (unpaired) electrons. The fourth-order valence-electron chi connectivity index (χ4n) is 6.71. The first-order chi connectivity index (χ1) is 18.9. The minimum atomic E-state index is 0.693. The average molecular weight is 535 g/mol. The SMILES string of the molecule is c1ccc(-c2ccccc2Pc2ccccc2C2CCCCC2)c(Pc2ccccc2C2CCCCC2)c1. The van der Waals surface area contributed by atoms with Crippen molar-refractivity contribution in [2.45, 2.75) is 76.0 Å². The summed E-state index contributed by atoms with van der Waals surface area (Å²) in [5.74, 6) is 1.48. The zero-order valence-corrected chi connectivity index (χ0v) is 24.5. The summed E-state index contributed by atoms with van der Waals surface area (Å²) in [6.45, 7) is 0. The Hall–Kier alpha value is -2.26. The van der Waals surface area contributed by atoms with Crippen LogP contribution in [0.3, 0.4) is 0 Å². The maximum atomic E-state index is 2.42. The van der Waals surface area contributed by atoms with E-state index in [1.165, 1.54) is 85.9 Å². The molecule has 2 unspecified atom stereocenters. The van der Waals surface area contributed by atoms with Crippen LogP contribution in [0.25, 0.3) is 11.1 Å². The Morgan fingerprint density at radius 1 is 0.368 bits per heavy atom. The molecule has 4 aromatic carbocycles. The molecule has 4 aromatic rings. The maximum absolute atomic E-state index is 2.42. The van der Waals surface area contributed by atoms with Gasteiger partial charge in [-0.2, -0.15) is 0 Å². The molecule has 0 amide bonds. The Morgan fingerprint density at radius 3 is 1.13 bits per heavy atom. The quantitative estimate of drug-likeness (QED) is 0.208. The van der Waals surface area contributed by atoms with Crippen LogP contribution in [0.4, 0.5) is 0 Å².